The Hall–Kier alpha value is -3.28. The van der Waals surface area contributed by atoms with Crippen molar-refractivity contribution >= 4 is 17.6 Å². The van der Waals surface area contributed by atoms with Gasteiger partial charge in [0.1, 0.15) is 6.61 Å². The summed E-state index contributed by atoms with van der Waals surface area (Å²) in [5.74, 6) is -0.628. The highest BCUT2D eigenvalue weighted by Crippen LogP contribution is 2.43. The first-order valence-electron chi connectivity index (χ1n) is 9.22. The molecule has 6 heteroatoms. The van der Waals surface area contributed by atoms with Crippen LogP contribution in [0.25, 0.3) is 0 Å². The van der Waals surface area contributed by atoms with Crippen molar-refractivity contribution in [3.05, 3.63) is 64.9 Å². The fourth-order valence-electron chi connectivity index (χ4n) is 3.83. The van der Waals surface area contributed by atoms with Crippen LogP contribution >= 0.6 is 0 Å². The number of nitrogens with zero attached hydrogens (tertiary/aromatic N) is 1. The predicted molar refractivity (Wildman–Crippen MR) is 103 cm³/mol. The number of benzene rings is 2. The summed E-state index contributed by atoms with van der Waals surface area (Å²) < 4.78 is 10.5. The number of carbonyl (C=O) groups is 2. The first-order valence-corrected chi connectivity index (χ1v) is 9.22. The van der Waals surface area contributed by atoms with Crippen LogP contribution in [0.15, 0.2) is 53.7 Å². The van der Waals surface area contributed by atoms with Gasteiger partial charge >= 0.3 is 5.97 Å². The van der Waals surface area contributed by atoms with Crippen LogP contribution in [0.4, 0.5) is 5.69 Å². The van der Waals surface area contributed by atoms with Crippen molar-refractivity contribution in [2.75, 3.05) is 18.6 Å². The number of anilines is 1. The van der Waals surface area contributed by atoms with Gasteiger partial charge in [0.15, 0.2) is 11.5 Å². The smallest absolute Gasteiger partial charge is 0.336 e. The molecule has 2 aromatic rings. The van der Waals surface area contributed by atoms with E-state index in [1.165, 1.54) is 18.7 Å². The van der Waals surface area contributed by atoms with Gasteiger partial charge in [0.25, 0.3) is 0 Å². The molecule has 0 radical (unpaired) electrons. The lowest BCUT2D eigenvalue weighted by molar-refractivity contribution is -0.136. The number of cyclic esters (lactones) is 1. The summed E-state index contributed by atoms with van der Waals surface area (Å²) in [5.41, 5.74) is 3.72. The number of aryl methyl sites for hydroxylation is 1. The fourth-order valence-corrected chi connectivity index (χ4v) is 3.83. The zero-order valence-corrected chi connectivity index (χ0v) is 15.8. The number of amides is 1. The van der Waals surface area contributed by atoms with Crippen LogP contribution in [0.2, 0.25) is 0 Å². The Morgan fingerprint density at radius 3 is 2.61 bits per heavy atom. The molecule has 4 rings (SSSR count). The number of phenols is 1. The Morgan fingerprint density at radius 1 is 1.18 bits per heavy atom. The molecular formula is C22H21NO5. The number of aromatic hydroxyl groups is 1. The van der Waals surface area contributed by atoms with Crippen LogP contribution in [0.5, 0.6) is 11.5 Å². The molecule has 1 N–H and O–H groups in total. The van der Waals surface area contributed by atoms with E-state index in [0.717, 1.165) is 17.7 Å². The first-order chi connectivity index (χ1) is 13.5. The number of esters is 1. The molecule has 0 spiro atoms. The van der Waals surface area contributed by atoms with Crippen molar-refractivity contribution in [1.29, 1.82) is 0 Å². The van der Waals surface area contributed by atoms with Gasteiger partial charge in [-0.2, -0.15) is 0 Å². The zero-order chi connectivity index (χ0) is 19.8. The van der Waals surface area contributed by atoms with E-state index in [1.807, 2.05) is 24.3 Å². The summed E-state index contributed by atoms with van der Waals surface area (Å²) in [6.07, 6.45) is 1.05. The summed E-state index contributed by atoms with van der Waals surface area (Å²) in [5, 5.41) is 9.85. The van der Waals surface area contributed by atoms with Gasteiger partial charge in [0, 0.05) is 18.0 Å². The summed E-state index contributed by atoms with van der Waals surface area (Å²) >= 11 is 0. The van der Waals surface area contributed by atoms with Gasteiger partial charge in [-0.15, -0.1) is 0 Å². The van der Waals surface area contributed by atoms with Crippen molar-refractivity contribution in [3.8, 4) is 11.5 Å². The Kier molecular flexibility index (Phi) is 4.55. The maximum Gasteiger partial charge on any atom is 0.336 e. The zero-order valence-electron chi connectivity index (χ0n) is 15.8. The van der Waals surface area contributed by atoms with E-state index in [9.17, 15) is 14.7 Å². The summed E-state index contributed by atoms with van der Waals surface area (Å²) in [4.78, 5) is 27.1. The van der Waals surface area contributed by atoms with Crippen LogP contribution < -0.4 is 9.64 Å². The number of methoxy groups -OCH3 is 1. The standard InChI is InChI=1S/C22H21NO5/c1-3-13-4-7-15(8-5-13)23-17-12-28-22(26)21(17)16(11-20(23)25)14-6-9-18(24)19(10-14)27-2/h4-10,16,24H,3,11-12H2,1-2H3/t16-/m0/s1. The van der Waals surface area contributed by atoms with Crippen molar-refractivity contribution in [2.45, 2.75) is 25.7 Å². The molecule has 0 aliphatic carbocycles. The van der Waals surface area contributed by atoms with Crippen molar-refractivity contribution in [3.63, 3.8) is 0 Å². The van der Waals surface area contributed by atoms with E-state index in [4.69, 9.17) is 9.47 Å². The molecule has 0 saturated carbocycles. The average Bonchev–Trinajstić information content (AvgIpc) is 3.09. The second kappa shape index (κ2) is 7.03. The van der Waals surface area contributed by atoms with Gasteiger partial charge in [-0.1, -0.05) is 25.1 Å². The molecule has 2 aliphatic heterocycles. The molecule has 0 bridgehead atoms. The molecule has 1 atom stereocenters. The van der Waals surface area contributed by atoms with Gasteiger partial charge in [-0.05, 0) is 41.8 Å². The molecule has 2 heterocycles. The second-order valence-electron chi connectivity index (χ2n) is 6.87. The van der Waals surface area contributed by atoms with Gasteiger partial charge in [0.2, 0.25) is 5.91 Å². The Bertz CT molecular complexity index is 977. The summed E-state index contributed by atoms with van der Waals surface area (Å²) in [6.45, 7) is 2.14. The summed E-state index contributed by atoms with van der Waals surface area (Å²) in [6, 6.07) is 12.6. The molecule has 0 aromatic heterocycles. The molecule has 0 unspecified atom stereocenters. The topological polar surface area (TPSA) is 76.1 Å². The van der Waals surface area contributed by atoms with E-state index in [2.05, 4.69) is 6.92 Å². The van der Waals surface area contributed by atoms with Crippen molar-refractivity contribution in [2.24, 2.45) is 0 Å². The molecule has 2 aromatic carbocycles. The predicted octanol–water partition coefficient (Wildman–Crippen LogP) is 3.29. The molecular weight excluding hydrogens is 358 g/mol. The van der Waals surface area contributed by atoms with Gasteiger partial charge < -0.3 is 14.6 Å². The fraction of sp³-hybridized carbons (Fsp3) is 0.273. The van der Waals surface area contributed by atoms with E-state index in [-0.39, 0.29) is 24.7 Å². The molecule has 0 saturated heterocycles. The molecule has 0 fully saturated rings. The first kappa shape index (κ1) is 18.1. The third-order valence-electron chi connectivity index (χ3n) is 5.33. The lowest BCUT2D eigenvalue weighted by atomic mass is 9.84. The molecule has 6 nitrogen and oxygen atoms in total. The average molecular weight is 379 g/mol. The van der Waals surface area contributed by atoms with Crippen LogP contribution in [-0.4, -0.2) is 30.7 Å². The third kappa shape index (κ3) is 2.91. The molecule has 1 amide bonds. The molecule has 2 aliphatic rings. The SMILES string of the molecule is CCc1ccc(N2C(=O)C[C@@H](c3ccc(O)c(OC)c3)C3=C2COC3=O)cc1. The van der Waals surface area contributed by atoms with Gasteiger partial charge in [-0.3, -0.25) is 9.69 Å². The Morgan fingerprint density at radius 2 is 1.93 bits per heavy atom. The van der Waals surface area contributed by atoms with E-state index >= 15 is 0 Å². The number of phenolic OH excluding ortho intramolecular Hbond substituents is 1. The van der Waals surface area contributed by atoms with Gasteiger partial charge in [-0.25, -0.2) is 4.79 Å². The highest BCUT2D eigenvalue weighted by molar-refractivity contribution is 6.06. The monoisotopic (exact) mass is 379 g/mol. The maximum absolute atomic E-state index is 13.0. The van der Waals surface area contributed by atoms with Crippen molar-refractivity contribution in [1.82, 2.24) is 0 Å². The van der Waals surface area contributed by atoms with Crippen LogP contribution in [0.3, 0.4) is 0 Å². The van der Waals surface area contributed by atoms with Crippen LogP contribution in [0, 0.1) is 0 Å². The number of hydrogen-bond acceptors (Lipinski definition) is 5. The quantitative estimate of drug-likeness (QED) is 0.825. The van der Waals surface area contributed by atoms with E-state index < -0.39 is 11.9 Å². The lowest BCUT2D eigenvalue weighted by Gasteiger charge is -2.32. The third-order valence-corrected chi connectivity index (χ3v) is 5.33. The number of rotatable bonds is 4. The minimum absolute atomic E-state index is 0.00854. The largest absolute Gasteiger partial charge is 0.504 e. The highest BCUT2D eigenvalue weighted by atomic mass is 16.5. The minimum Gasteiger partial charge on any atom is -0.504 e. The van der Waals surface area contributed by atoms with Crippen molar-refractivity contribution < 1.29 is 24.2 Å². The van der Waals surface area contributed by atoms with E-state index in [1.54, 1.807) is 17.0 Å². The Labute approximate surface area is 163 Å². The maximum atomic E-state index is 13.0. The number of ether oxygens (including phenoxy) is 2. The normalized spacial score (nSPS) is 18.9. The second-order valence-corrected chi connectivity index (χ2v) is 6.87. The lowest BCUT2D eigenvalue weighted by Crippen LogP contribution is -2.37. The summed E-state index contributed by atoms with van der Waals surface area (Å²) in [7, 11) is 1.46. The highest BCUT2D eigenvalue weighted by Gasteiger charge is 2.43. The molecule has 144 valence electrons. The minimum atomic E-state index is -0.432. The number of carbonyl (C=O) groups excluding carboxylic acids is 2. The molecule has 28 heavy (non-hydrogen) atoms. The Balaban J connectivity index is 1.79. The van der Waals surface area contributed by atoms with Gasteiger partial charge in [0.05, 0.1) is 18.4 Å². The van der Waals surface area contributed by atoms with E-state index in [0.29, 0.717) is 17.0 Å². The van der Waals surface area contributed by atoms with Crippen LogP contribution in [-0.2, 0) is 20.7 Å². The van der Waals surface area contributed by atoms with Crippen LogP contribution in [0.1, 0.15) is 30.4 Å². The number of hydrogen-bond donors (Lipinski definition) is 1.